The van der Waals surface area contributed by atoms with E-state index in [2.05, 4.69) is 15.4 Å². The first-order valence-corrected chi connectivity index (χ1v) is 6.84. The van der Waals surface area contributed by atoms with Crippen molar-refractivity contribution in [3.8, 4) is 0 Å². The number of aromatic carboxylic acids is 1. The first-order valence-electron chi connectivity index (χ1n) is 6.46. The summed E-state index contributed by atoms with van der Waals surface area (Å²) in [6.45, 7) is 0. The monoisotopic (exact) mass is 319 g/mol. The molecule has 2 aromatic rings. The molecule has 0 radical (unpaired) electrons. The molecule has 0 aliphatic heterocycles. The highest BCUT2D eigenvalue weighted by molar-refractivity contribution is 6.26. The lowest BCUT2D eigenvalue weighted by Crippen LogP contribution is -2.32. The fourth-order valence-corrected chi connectivity index (χ4v) is 2.57. The Morgan fingerprint density at radius 3 is 2.68 bits per heavy atom. The lowest BCUT2D eigenvalue weighted by Gasteiger charge is -2.27. The van der Waals surface area contributed by atoms with E-state index in [-0.39, 0.29) is 11.4 Å². The number of aromatic nitrogens is 3. The van der Waals surface area contributed by atoms with Gasteiger partial charge in [0.15, 0.2) is 5.69 Å². The van der Waals surface area contributed by atoms with Crippen LogP contribution >= 0.6 is 11.6 Å². The van der Waals surface area contributed by atoms with E-state index >= 15 is 0 Å². The van der Waals surface area contributed by atoms with Gasteiger partial charge in [-0.2, -0.15) is 10.3 Å². The molecule has 112 valence electrons. The maximum Gasteiger partial charge on any atom is 0.358 e. The average Bonchev–Trinajstić information content (AvgIpc) is 3.01. The lowest BCUT2D eigenvalue weighted by atomic mass is 9.88. The fourth-order valence-electron chi connectivity index (χ4n) is 2.32. The molecule has 0 spiro atoms. The average molecular weight is 320 g/mol. The van der Waals surface area contributed by atoms with E-state index < -0.39 is 17.0 Å². The fraction of sp³-hybridized carbons (Fsp3) is 0.133. The quantitative estimate of drug-likeness (QED) is 0.853. The van der Waals surface area contributed by atoms with Crippen LogP contribution in [0.4, 0.5) is 4.39 Å². The summed E-state index contributed by atoms with van der Waals surface area (Å²) in [7, 11) is 0. The standard InChI is InChI=1S/C15H11ClFN3O2/c16-15(13-12(14(21)22)18-20-19-13)7-6-10(8-11(15)17)9-4-2-1-3-5-9/h1-8,11H,(H,21,22)(H,18,19,20). The van der Waals surface area contributed by atoms with E-state index in [0.29, 0.717) is 5.57 Å². The Labute approximate surface area is 130 Å². The van der Waals surface area contributed by atoms with Gasteiger partial charge in [-0.25, -0.2) is 9.18 Å². The summed E-state index contributed by atoms with van der Waals surface area (Å²) in [4.78, 5) is 9.42. The third-order valence-corrected chi connectivity index (χ3v) is 3.97. The topological polar surface area (TPSA) is 78.9 Å². The molecule has 7 heteroatoms. The van der Waals surface area contributed by atoms with Gasteiger partial charge in [0.05, 0.1) is 0 Å². The Bertz CT molecular complexity index is 772. The van der Waals surface area contributed by atoms with Crippen LogP contribution < -0.4 is 0 Å². The van der Waals surface area contributed by atoms with Crippen LogP contribution in [0.1, 0.15) is 21.7 Å². The molecule has 0 amide bonds. The van der Waals surface area contributed by atoms with Gasteiger partial charge < -0.3 is 5.11 Å². The van der Waals surface area contributed by atoms with E-state index in [0.717, 1.165) is 5.56 Å². The molecular formula is C15H11ClFN3O2. The molecule has 1 aromatic heterocycles. The van der Waals surface area contributed by atoms with Crippen molar-refractivity contribution in [1.29, 1.82) is 0 Å². The molecule has 0 saturated heterocycles. The first kappa shape index (κ1) is 14.5. The van der Waals surface area contributed by atoms with Gasteiger partial charge in [0.25, 0.3) is 0 Å². The van der Waals surface area contributed by atoms with Crippen molar-refractivity contribution >= 4 is 23.1 Å². The third kappa shape index (κ3) is 2.31. The number of nitrogens with zero attached hydrogens (tertiary/aromatic N) is 2. The number of hydrogen-bond acceptors (Lipinski definition) is 3. The summed E-state index contributed by atoms with van der Waals surface area (Å²) in [5, 5.41) is 18.5. The molecule has 3 rings (SSSR count). The summed E-state index contributed by atoms with van der Waals surface area (Å²) in [6.07, 6.45) is 2.77. The van der Waals surface area contributed by atoms with Crippen LogP contribution in [-0.2, 0) is 4.87 Å². The molecule has 1 aromatic carbocycles. The van der Waals surface area contributed by atoms with Gasteiger partial charge in [0.2, 0.25) is 0 Å². The summed E-state index contributed by atoms with van der Waals surface area (Å²) in [5.74, 6) is -1.32. The van der Waals surface area contributed by atoms with E-state index in [1.54, 1.807) is 6.08 Å². The van der Waals surface area contributed by atoms with Crippen LogP contribution in [0.25, 0.3) is 5.57 Å². The molecule has 2 atom stereocenters. The molecule has 5 nitrogen and oxygen atoms in total. The number of rotatable bonds is 3. The maximum absolute atomic E-state index is 14.6. The Morgan fingerprint density at radius 1 is 1.32 bits per heavy atom. The molecule has 2 N–H and O–H groups in total. The van der Waals surface area contributed by atoms with Gasteiger partial charge in [0, 0.05) is 0 Å². The largest absolute Gasteiger partial charge is 0.476 e. The van der Waals surface area contributed by atoms with Crippen molar-refractivity contribution in [2.45, 2.75) is 11.0 Å². The lowest BCUT2D eigenvalue weighted by molar-refractivity contribution is 0.0688. The molecule has 0 fully saturated rings. The number of carboxylic acid groups (broad SMARTS) is 1. The van der Waals surface area contributed by atoms with Crippen LogP contribution in [0.2, 0.25) is 0 Å². The number of carboxylic acids is 1. The number of allylic oxidation sites excluding steroid dienone is 4. The van der Waals surface area contributed by atoms with Crippen molar-refractivity contribution < 1.29 is 14.3 Å². The Hall–Kier alpha value is -2.47. The molecule has 2 unspecified atom stereocenters. The van der Waals surface area contributed by atoms with Crippen molar-refractivity contribution in [2.24, 2.45) is 0 Å². The predicted octanol–water partition coefficient (Wildman–Crippen LogP) is 2.93. The number of alkyl halides is 2. The molecule has 0 bridgehead atoms. The molecule has 22 heavy (non-hydrogen) atoms. The van der Waals surface area contributed by atoms with Gasteiger partial charge in [-0.15, -0.1) is 16.7 Å². The summed E-state index contributed by atoms with van der Waals surface area (Å²) < 4.78 is 14.6. The van der Waals surface area contributed by atoms with Gasteiger partial charge in [-0.1, -0.05) is 42.5 Å². The van der Waals surface area contributed by atoms with Crippen LogP contribution in [-0.4, -0.2) is 32.7 Å². The zero-order valence-electron chi connectivity index (χ0n) is 11.2. The van der Waals surface area contributed by atoms with Crippen molar-refractivity contribution in [1.82, 2.24) is 15.4 Å². The SMILES string of the molecule is O=C(O)c1n[nH]nc1C1(Cl)C=CC(c2ccccc2)=CC1F. The summed E-state index contributed by atoms with van der Waals surface area (Å²) in [5.41, 5.74) is 0.983. The maximum atomic E-state index is 14.6. The normalized spacial score (nSPS) is 24.1. The minimum Gasteiger partial charge on any atom is -0.476 e. The predicted molar refractivity (Wildman–Crippen MR) is 79.3 cm³/mol. The second-order valence-corrected chi connectivity index (χ2v) is 5.44. The number of H-pyrrole nitrogens is 1. The molecule has 0 saturated carbocycles. The number of hydrogen-bond donors (Lipinski definition) is 2. The van der Waals surface area contributed by atoms with Crippen molar-refractivity contribution in [2.75, 3.05) is 0 Å². The van der Waals surface area contributed by atoms with Gasteiger partial charge in [0.1, 0.15) is 16.7 Å². The van der Waals surface area contributed by atoms with Crippen LogP contribution in [0.15, 0.2) is 48.6 Å². The smallest absolute Gasteiger partial charge is 0.358 e. The first-order chi connectivity index (χ1) is 10.5. The molecule has 1 heterocycles. The number of carbonyl (C=O) groups is 1. The van der Waals surface area contributed by atoms with Crippen molar-refractivity contribution in [3.63, 3.8) is 0 Å². The zero-order chi connectivity index (χ0) is 15.7. The van der Waals surface area contributed by atoms with E-state index in [1.165, 1.54) is 12.2 Å². The highest BCUT2D eigenvalue weighted by Gasteiger charge is 2.43. The highest BCUT2D eigenvalue weighted by atomic mass is 35.5. The minimum absolute atomic E-state index is 0.145. The second kappa shape index (κ2) is 5.38. The summed E-state index contributed by atoms with van der Waals surface area (Å²) >= 11 is 6.30. The van der Waals surface area contributed by atoms with Crippen LogP contribution in [0.3, 0.4) is 0 Å². The summed E-state index contributed by atoms with van der Waals surface area (Å²) in [6, 6.07) is 9.26. The Kier molecular flexibility index (Phi) is 3.54. The molecule has 1 aliphatic rings. The highest BCUT2D eigenvalue weighted by Crippen LogP contribution is 2.41. The van der Waals surface area contributed by atoms with Gasteiger partial charge >= 0.3 is 5.97 Å². The second-order valence-electron chi connectivity index (χ2n) is 4.82. The van der Waals surface area contributed by atoms with Crippen LogP contribution in [0, 0.1) is 0 Å². The number of aromatic amines is 1. The van der Waals surface area contributed by atoms with E-state index in [4.69, 9.17) is 16.7 Å². The Balaban J connectivity index is 1.99. The Morgan fingerprint density at radius 2 is 2.05 bits per heavy atom. The number of halogens is 2. The van der Waals surface area contributed by atoms with Crippen molar-refractivity contribution in [3.05, 3.63) is 65.5 Å². The third-order valence-electron chi connectivity index (χ3n) is 3.45. The molecular weight excluding hydrogens is 309 g/mol. The van der Waals surface area contributed by atoms with E-state index in [1.807, 2.05) is 30.3 Å². The molecule has 1 aliphatic carbocycles. The van der Waals surface area contributed by atoms with Gasteiger partial charge in [-0.05, 0) is 17.2 Å². The minimum atomic E-state index is -1.70. The van der Waals surface area contributed by atoms with E-state index in [9.17, 15) is 9.18 Å². The number of benzene rings is 1. The number of nitrogens with one attached hydrogen (secondary N) is 1. The zero-order valence-corrected chi connectivity index (χ0v) is 12.0. The van der Waals surface area contributed by atoms with Gasteiger partial charge in [-0.3, -0.25) is 0 Å². The van der Waals surface area contributed by atoms with Crippen LogP contribution in [0.5, 0.6) is 0 Å².